The first-order valence-corrected chi connectivity index (χ1v) is 10.2. The Morgan fingerprint density at radius 2 is 1.87 bits per heavy atom. The number of anilines is 1. The van der Waals surface area contributed by atoms with Gasteiger partial charge in [-0.1, -0.05) is 36.4 Å². The van der Waals surface area contributed by atoms with Crippen LogP contribution in [0.25, 0.3) is 16.5 Å². The molecule has 0 radical (unpaired) electrons. The molecule has 0 unspecified atom stereocenters. The van der Waals surface area contributed by atoms with E-state index >= 15 is 0 Å². The average molecular weight is 404 g/mol. The maximum Gasteiger partial charge on any atom is 0.280 e. The van der Waals surface area contributed by atoms with Crippen molar-refractivity contribution < 1.29 is 14.4 Å². The number of hydrogen-bond acceptors (Lipinski definition) is 5. The van der Waals surface area contributed by atoms with Crippen molar-refractivity contribution in [2.75, 3.05) is 44.9 Å². The average Bonchev–Trinajstić information content (AvgIpc) is 3.25. The predicted molar refractivity (Wildman–Crippen MR) is 114 cm³/mol. The second-order valence-electron chi connectivity index (χ2n) is 7.51. The van der Waals surface area contributed by atoms with E-state index in [4.69, 9.17) is 9.57 Å². The van der Waals surface area contributed by atoms with Crippen molar-refractivity contribution in [1.29, 1.82) is 0 Å². The highest BCUT2D eigenvalue weighted by molar-refractivity contribution is 6.23. The normalized spacial score (nSPS) is 16.7. The van der Waals surface area contributed by atoms with Gasteiger partial charge in [-0.3, -0.25) is 20.0 Å². The zero-order chi connectivity index (χ0) is 20.5. The molecule has 1 amide bonds. The lowest BCUT2D eigenvalue weighted by Crippen LogP contribution is -2.38. The van der Waals surface area contributed by atoms with Crippen molar-refractivity contribution in [3.05, 3.63) is 64.8 Å². The van der Waals surface area contributed by atoms with E-state index in [-0.39, 0.29) is 5.91 Å². The van der Waals surface area contributed by atoms with Crippen LogP contribution in [0.4, 0.5) is 5.69 Å². The first-order chi connectivity index (χ1) is 14.7. The van der Waals surface area contributed by atoms with Crippen molar-refractivity contribution in [3.8, 4) is 0 Å². The molecule has 1 fully saturated rings. The standard InChI is InChI=1S/C23H24N4O3/c1-26-19-9-5-3-7-17(19)21(25-30-15-12-27-10-13-29-14-11-27)22(26)20-16-6-2-4-8-18(16)24-23(20)28/h2-9,25H,10-15H2,1H3. The van der Waals surface area contributed by atoms with Crippen LogP contribution < -0.4 is 16.1 Å². The Morgan fingerprint density at radius 1 is 1.10 bits per heavy atom. The fourth-order valence-electron chi connectivity index (χ4n) is 4.20. The summed E-state index contributed by atoms with van der Waals surface area (Å²) in [4.78, 5) is 25.3. The van der Waals surface area contributed by atoms with Crippen LogP contribution in [0.3, 0.4) is 0 Å². The van der Waals surface area contributed by atoms with Crippen molar-refractivity contribution in [2.45, 2.75) is 0 Å². The van der Waals surface area contributed by atoms with E-state index in [1.807, 2.05) is 60.1 Å². The summed E-state index contributed by atoms with van der Waals surface area (Å²) in [5, 5.41) is 2.57. The molecule has 1 saturated heterocycles. The molecule has 0 atom stereocenters. The Balaban J connectivity index is 1.51. The maximum atomic E-state index is 12.8. The fraction of sp³-hybridized carbons (Fsp3) is 0.304. The van der Waals surface area contributed by atoms with Gasteiger partial charge in [-0.05, 0) is 12.1 Å². The van der Waals surface area contributed by atoms with Gasteiger partial charge in [-0.2, -0.15) is 0 Å². The largest absolute Gasteiger partial charge is 0.379 e. The van der Waals surface area contributed by atoms with Crippen LogP contribution in [-0.4, -0.2) is 54.8 Å². The molecule has 2 aliphatic rings. The first-order valence-electron chi connectivity index (χ1n) is 10.2. The van der Waals surface area contributed by atoms with Crippen LogP contribution >= 0.6 is 0 Å². The molecule has 1 N–H and O–H groups in total. The van der Waals surface area contributed by atoms with Crippen LogP contribution in [0.15, 0.2) is 53.5 Å². The van der Waals surface area contributed by atoms with Gasteiger partial charge < -0.3 is 9.30 Å². The lowest BCUT2D eigenvalue weighted by Gasteiger charge is -2.26. The molecule has 0 saturated carbocycles. The van der Waals surface area contributed by atoms with E-state index in [1.165, 1.54) is 0 Å². The van der Waals surface area contributed by atoms with Crippen LogP contribution in [0, 0.1) is 0 Å². The van der Waals surface area contributed by atoms with Gasteiger partial charge in [0, 0.05) is 37.3 Å². The minimum Gasteiger partial charge on any atom is -0.379 e. The lowest BCUT2D eigenvalue weighted by molar-refractivity contribution is -0.112. The van der Waals surface area contributed by atoms with Gasteiger partial charge in [0.2, 0.25) is 0 Å². The Bertz CT molecular complexity index is 1220. The van der Waals surface area contributed by atoms with E-state index in [9.17, 15) is 4.79 Å². The molecular formula is C23H24N4O3. The molecule has 2 aromatic carbocycles. The Labute approximate surface area is 174 Å². The summed E-state index contributed by atoms with van der Waals surface area (Å²) in [6, 6.07) is 15.7. The van der Waals surface area contributed by atoms with Crippen molar-refractivity contribution in [3.63, 3.8) is 0 Å². The molecule has 0 bridgehead atoms. The number of nitrogens with zero attached hydrogens (tertiary/aromatic N) is 3. The van der Waals surface area contributed by atoms with E-state index in [2.05, 4.69) is 15.4 Å². The second kappa shape index (κ2) is 8.02. The van der Waals surface area contributed by atoms with Gasteiger partial charge in [0.05, 0.1) is 47.6 Å². The summed E-state index contributed by atoms with van der Waals surface area (Å²) in [6.45, 7) is 4.74. The zero-order valence-electron chi connectivity index (χ0n) is 16.9. The van der Waals surface area contributed by atoms with Gasteiger partial charge in [-0.25, -0.2) is 4.99 Å². The third kappa shape index (κ3) is 3.31. The second-order valence-corrected chi connectivity index (χ2v) is 7.51. The topological polar surface area (TPSA) is 68.1 Å². The smallest absolute Gasteiger partial charge is 0.280 e. The molecule has 5 rings (SSSR count). The molecule has 1 aromatic heterocycles. The minimum absolute atomic E-state index is 0.224. The number of aryl methyl sites for hydroxylation is 1. The Kier molecular flexibility index (Phi) is 5.08. The maximum absolute atomic E-state index is 12.8. The first kappa shape index (κ1) is 19.0. The third-order valence-electron chi connectivity index (χ3n) is 5.74. The van der Waals surface area contributed by atoms with Crippen LogP contribution in [0.2, 0.25) is 0 Å². The number of carbonyl (C=O) groups is 1. The van der Waals surface area contributed by atoms with Crippen molar-refractivity contribution in [2.24, 2.45) is 12.0 Å². The Morgan fingerprint density at radius 3 is 2.73 bits per heavy atom. The number of morpholine rings is 1. The molecule has 3 aromatic rings. The molecule has 0 spiro atoms. The summed E-state index contributed by atoms with van der Waals surface area (Å²) in [7, 11) is 1.97. The molecule has 0 aliphatic carbocycles. The van der Waals surface area contributed by atoms with Gasteiger partial charge in [-0.15, -0.1) is 0 Å². The number of carbonyl (C=O) groups excluding carboxylic acids is 1. The van der Waals surface area contributed by atoms with Crippen LogP contribution in [0.1, 0.15) is 5.69 Å². The minimum atomic E-state index is -0.224. The molecule has 30 heavy (non-hydrogen) atoms. The summed E-state index contributed by atoms with van der Waals surface area (Å²) < 4.78 is 7.43. The van der Waals surface area contributed by atoms with Gasteiger partial charge in [0.15, 0.2) is 0 Å². The predicted octanol–water partition coefficient (Wildman–Crippen LogP) is 1.21. The number of benzene rings is 2. The number of hydrogen-bond donors (Lipinski definition) is 1. The molecule has 2 aliphatic heterocycles. The molecule has 154 valence electrons. The number of rotatable bonds is 6. The van der Waals surface area contributed by atoms with Gasteiger partial charge in [0.25, 0.3) is 5.91 Å². The molecule has 7 heteroatoms. The van der Waals surface area contributed by atoms with Crippen LogP contribution in [-0.2, 0) is 21.4 Å². The quantitative estimate of drug-likeness (QED) is 0.494. The number of ether oxygens (including phenoxy) is 1. The summed E-state index contributed by atoms with van der Waals surface area (Å²) >= 11 is 0. The molecule has 3 heterocycles. The summed E-state index contributed by atoms with van der Waals surface area (Å²) in [5.74, 6) is -0.224. The number of amides is 1. The van der Waals surface area contributed by atoms with Gasteiger partial charge >= 0.3 is 0 Å². The SMILES string of the molecule is Cn1c(C2=c3ccccc3=NC2=O)c(NOCCN2CCOCC2)c2ccccc21. The molecular weight excluding hydrogens is 380 g/mol. The number of aromatic nitrogens is 1. The number of fused-ring (bicyclic) bond motifs is 2. The molecule has 7 nitrogen and oxygen atoms in total. The van der Waals surface area contributed by atoms with E-state index in [0.29, 0.717) is 17.5 Å². The third-order valence-corrected chi connectivity index (χ3v) is 5.74. The fourth-order valence-corrected chi connectivity index (χ4v) is 4.20. The lowest BCUT2D eigenvalue weighted by atomic mass is 10.1. The Hall–Kier alpha value is -3.00. The highest BCUT2D eigenvalue weighted by Crippen LogP contribution is 2.34. The summed E-state index contributed by atoms with van der Waals surface area (Å²) in [6.07, 6.45) is 0. The van der Waals surface area contributed by atoms with Crippen molar-refractivity contribution in [1.82, 2.24) is 9.47 Å². The monoisotopic (exact) mass is 404 g/mol. The number of para-hydroxylation sites is 2. The van der Waals surface area contributed by atoms with Gasteiger partial charge in [0.1, 0.15) is 0 Å². The highest BCUT2D eigenvalue weighted by Gasteiger charge is 2.26. The van der Waals surface area contributed by atoms with E-state index in [0.717, 1.165) is 60.4 Å². The van der Waals surface area contributed by atoms with Crippen LogP contribution in [0.5, 0.6) is 0 Å². The zero-order valence-corrected chi connectivity index (χ0v) is 16.9. The van der Waals surface area contributed by atoms with E-state index < -0.39 is 0 Å². The van der Waals surface area contributed by atoms with E-state index in [1.54, 1.807) is 0 Å². The van der Waals surface area contributed by atoms with Crippen molar-refractivity contribution >= 4 is 28.1 Å². The highest BCUT2D eigenvalue weighted by atomic mass is 16.6. The number of nitrogens with one attached hydrogen (secondary N) is 1. The summed E-state index contributed by atoms with van der Waals surface area (Å²) in [5.41, 5.74) is 6.37.